The highest BCUT2D eigenvalue weighted by molar-refractivity contribution is 6.00. The van der Waals surface area contributed by atoms with Gasteiger partial charge in [-0.1, -0.05) is 19.9 Å². The first-order valence-corrected chi connectivity index (χ1v) is 8.70. The number of hydrogen-bond acceptors (Lipinski definition) is 5. The van der Waals surface area contributed by atoms with Gasteiger partial charge in [0.2, 0.25) is 5.83 Å². The normalized spacial score (nSPS) is 27.3. The standard InChI is InChI=1S/C20H25FO5/c1-6-8-13-12(3)16(9-15(13)22)26-18(24)20(11-19(20,4)5)10-14(21)17(23)25-7-2/h6,10,16H,1,7-9,11H2,2-5H3/t16?,20-/m1/s1. The third kappa shape index (κ3) is 3.50. The molecule has 2 aliphatic rings. The number of allylic oxidation sites excluding steroid dienone is 2. The summed E-state index contributed by atoms with van der Waals surface area (Å²) in [6, 6.07) is 0. The molecule has 0 bridgehead atoms. The Bertz CT molecular complexity index is 716. The van der Waals surface area contributed by atoms with Crippen LogP contribution in [0.25, 0.3) is 0 Å². The fourth-order valence-electron chi connectivity index (χ4n) is 3.42. The minimum atomic E-state index is -1.23. The second-order valence-corrected chi connectivity index (χ2v) is 7.42. The summed E-state index contributed by atoms with van der Waals surface area (Å²) < 4.78 is 24.3. The molecule has 0 aliphatic heterocycles. The minimum absolute atomic E-state index is 0.0428. The Morgan fingerprint density at radius 1 is 1.38 bits per heavy atom. The van der Waals surface area contributed by atoms with Gasteiger partial charge in [-0.3, -0.25) is 9.59 Å². The van der Waals surface area contributed by atoms with Crippen molar-refractivity contribution in [2.24, 2.45) is 10.8 Å². The van der Waals surface area contributed by atoms with Gasteiger partial charge in [0.05, 0.1) is 18.4 Å². The van der Waals surface area contributed by atoms with E-state index < -0.39 is 34.7 Å². The lowest BCUT2D eigenvalue weighted by Crippen LogP contribution is -2.28. The highest BCUT2D eigenvalue weighted by Crippen LogP contribution is 2.65. The van der Waals surface area contributed by atoms with Gasteiger partial charge in [0.15, 0.2) is 5.78 Å². The molecule has 1 unspecified atom stereocenters. The molecule has 0 radical (unpaired) electrons. The van der Waals surface area contributed by atoms with Crippen molar-refractivity contribution in [2.75, 3.05) is 6.61 Å². The van der Waals surface area contributed by atoms with E-state index in [1.165, 1.54) is 0 Å². The van der Waals surface area contributed by atoms with Crippen molar-refractivity contribution >= 4 is 17.7 Å². The number of Topliss-reactive ketones (excluding diaryl/α,β-unsaturated/α-hetero) is 1. The lowest BCUT2D eigenvalue weighted by atomic mass is 9.95. The van der Waals surface area contributed by atoms with E-state index in [9.17, 15) is 18.8 Å². The fourth-order valence-corrected chi connectivity index (χ4v) is 3.42. The van der Waals surface area contributed by atoms with Crippen molar-refractivity contribution in [3.8, 4) is 0 Å². The second kappa shape index (κ2) is 7.17. The van der Waals surface area contributed by atoms with E-state index in [1.807, 2.05) is 0 Å². The Balaban J connectivity index is 2.21. The number of ketones is 1. The monoisotopic (exact) mass is 364 g/mol. The van der Waals surface area contributed by atoms with E-state index in [4.69, 9.17) is 4.74 Å². The SMILES string of the molecule is C=CCC1=C(C)C(OC(=O)[C@@]2(C=C(F)C(=O)OCC)CC2(C)C)CC1=O. The van der Waals surface area contributed by atoms with Gasteiger partial charge in [-0.25, -0.2) is 4.79 Å². The first-order chi connectivity index (χ1) is 12.1. The summed E-state index contributed by atoms with van der Waals surface area (Å²) in [5.41, 5.74) is -0.464. The summed E-state index contributed by atoms with van der Waals surface area (Å²) in [4.78, 5) is 36.4. The van der Waals surface area contributed by atoms with Crippen LogP contribution in [0.3, 0.4) is 0 Å². The van der Waals surface area contributed by atoms with Gasteiger partial charge < -0.3 is 9.47 Å². The molecule has 5 nitrogen and oxygen atoms in total. The molecule has 0 aromatic heterocycles. The van der Waals surface area contributed by atoms with E-state index in [0.29, 0.717) is 24.0 Å². The zero-order valence-electron chi connectivity index (χ0n) is 15.7. The molecule has 2 atom stereocenters. The first kappa shape index (κ1) is 20.1. The minimum Gasteiger partial charge on any atom is -0.461 e. The maximum absolute atomic E-state index is 14.1. The van der Waals surface area contributed by atoms with Gasteiger partial charge in [-0.2, -0.15) is 4.39 Å². The van der Waals surface area contributed by atoms with Crippen LogP contribution in [0, 0.1) is 10.8 Å². The molecule has 6 heteroatoms. The topological polar surface area (TPSA) is 69.7 Å². The van der Waals surface area contributed by atoms with E-state index in [1.54, 1.807) is 33.8 Å². The first-order valence-electron chi connectivity index (χ1n) is 8.70. The van der Waals surface area contributed by atoms with Gasteiger partial charge >= 0.3 is 11.9 Å². The number of hydrogen-bond donors (Lipinski definition) is 0. The van der Waals surface area contributed by atoms with Crippen LogP contribution in [0.5, 0.6) is 0 Å². The number of carbonyl (C=O) groups excluding carboxylic acids is 3. The van der Waals surface area contributed by atoms with Gasteiger partial charge in [-0.15, -0.1) is 6.58 Å². The summed E-state index contributed by atoms with van der Waals surface area (Å²) in [5.74, 6) is -2.89. The second-order valence-electron chi connectivity index (χ2n) is 7.42. The molecular formula is C20H25FO5. The average molecular weight is 364 g/mol. The van der Waals surface area contributed by atoms with Crippen LogP contribution in [-0.2, 0) is 23.9 Å². The molecule has 0 amide bonds. The predicted octanol–water partition coefficient (Wildman–Crippen LogP) is 3.60. The summed E-state index contributed by atoms with van der Waals surface area (Å²) >= 11 is 0. The van der Waals surface area contributed by atoms with E-state index in [2.05, 4.69) is 11.3 Å². The van der Waals surface area contributed by atoms with Crippen molar-refractivity contribution in [1.29, 1.82) is 0 Å². The van der Waals surface area contributed by atoms with Gasteiger partial charge in [0.1, 0.15) is 6.10 Å². The Morgan fingerprint density at radius 3 is 2.50 bits per heavy atom. The quantitative estimate of drug-likeness (QED) is 0.392. The summed E-state index contributed by atoms with van der Waals surface area (Å²) in [7, 11) is 0. The van der Waals surface area contributed by atoms with Crippen LogP contribution in [0.4, 0.5) is 4.39 Å². The average Bonchev–Trinajstić information content (AvgIpc) is 3.02. The third-order valence-corrected chi connectivity index (χ3v) is 5.28. The summed E-state index contributed by atoms with van der Waals surface area (Å²) in [5, 5.41) is 0. The molecule has 0 saturated heterocycles. The van der Waals surface area contributed by atoms with Crippen LogP contribution in [-0.4, -0.2) is 30.4 Å². The number of halogens is 1. The number of carbonyl (C=O) groups is 3. The lowest BCUT2D eigenvalue weighted by molar-refractivity contribution is -0.153. The fraction of sp³-hybridized carbons (Fsp3) is 0.550. The highest BCUT2D eigenvalue weighted by Gasteiger charge is 2.67. The maximum Gasteiger partial charge on any atom is 0.366 e. The smallest absolute Gasteiger partial charge is 0.366 e. The lowest BCUT2D eigenvalue weighted by Gasteiger charge is -2.20. The number of esters is 2. The Labute approximate surface area is 152 Å². The third-order valence-electron chi connectivity index (χ3n) is 5.28. The van der Waals surface area contributed by atoms with E-state index in [-0.39, 0.29) is 18.8 Å². The van der Waals surface area contributed by atoms with Gasteiger partial charge in [0, 0.05) is 5.57 Å². The zero-order chi connectivity index (χ0) is 19.7. The van der Waals surface area contributed by atoms with E-state index >= 15 is 0 Å². The largest absolute Gasteiger partial charge is 0.461 e. The van der Waals surface area contributed by atoms with Gasteiger partial charge in [0.25, 0.3) is 0 Å². The van der Waals surface area contributed by atoms with Crippen molar-refractivity contribution < 1.29 is 28.2 Å². The molecule has 0 N–H and O–H groups in total. The van der Waals surface area contributed by atoms with Gasteiger partial charge in [-0.05, 0) is 43.8 Å². The summed E-state index contributed by atoms with van der Waals surface area (Å²) in [6.07, 6.45) is 2.85. The van der Waals surface area contributed by atoms with Crippen molar-refractivity contribution in [2.45, 2.75) is 53.1 Å². The molecule has 1 saturated carbocycles. The molecule has 1 fully saturated rings. The molecular weight excluding hydrogens is 339 g/mol. The molecule has 0 spiro atoms. The van der Waals surface area contributed by atoms with Crippen LogP contribution in [0.15, 0.2) is 35.7 Å². The molecule has 2 aliphatic carbocycles. The Hall–Kier alpha value is -2.24. The maximum atomic E-state index is 14.1. The van der Waals surface area contributed by atoms with Crippen LogP contribution in [0.1, 0.15) is 47.0 Å². The molecule has 0 aromatic rings. The Morgan fingerprint density at radius 2 is 2.00 bits per heavy atom. The van der Waals surface area contributed by atoms with Crippen molar-refractivity contribution in [1.82, 2.24) is 0 Å². The van der Waals surface area contributed by atoms with Crippen LogP contribution >= 0.6 is 0 Å². The predicted molar refractivity (Wildman–Crippen MR) is 93.7 cm³/mol. The summed E-state index contributed by atoms with van der Waals surface area (Å²) in [6.45, 7) is 10.6. The molecule has 26 heavy (non-hydrogen) atoms. The molecule has 0 aromatic carbocycles. The molecule has 142 valence electrons. The molecule has 2 rings (SSSR count). The van der Waals surface area contributed by atoms with Crippen molar-refractivity contribution in [3.05, 3.63) is 35.7 Å². The number of rotatable bonds is 7. The van der Waals surface area contributed by atoms with Crippen LogP contribution < -0.4 is 0 Å². The number of ether oxygens (including phenoxy) is 2. The Kier molecular flexibility index (Phi) is 5.54. The van der Waals surface area contributed by atoms with Crippen LogP contribution in [0.2, 0.25) is 0 Å². The molecule has 0 heterocycles. The van der Waals surface area contributed by atoms with E-state index in [0.717, 1.165) is 6.08 Å². The van der Waals surface area contributed by atoms with Crippen molar-refractivity contribution in [3.63, 3.8) is 0 Å². The highest BCUT2D eigenvalue weighted by atomic mass is 19.1. The zero-order valence-corrected chi connectivity index (χ0v) is 15.7.